The number of hydrogen-bond acceptors (Lipinski definition) is 6. The van der Waals surface area contributed by atoms with E-state index >= 15 is 0 Å². The van der Waals surface area contributed by atoms with Crippen molar-refractivity contribution < 1.29 is 28.1 Å². The van der Waals surface area contributed by atoms with Crippen LogP contribution in [-0.2, 0) is 47.9 Å². The Bertz CT molecular complexity index is 1440. The summed E-state index contributed by atoms with van der Waals surface area (Å²) >= 11 is 0. The van der Waals surface area contributed by atoms with Crippen LogP contribution in [0.15, 0.2) is 121 Å². The number of rotatable bonds is 12. The lowest BCUT2D eigenvalue weighted by atomic mass is 10.1. The summed E-state index contributed by atoms with van der Waals surface area (Å²) in [7, 11) is -3.73. The molecule has 42 heavy (non-hydrogen) atoms. The van der Waals surface area contributed by atoms with E-state index in [0.29, 0.717) is 11.9 Å². The number of hydrogen-bond donors (Lipinski definition) is 1. The highest BCUT2D eigenvalue weighted by molar-refractivity contribution is 7.67. The molecule has 0 spiro atoms. The van der Waals surface area contributed by atoms with Crippen molar-refractivity contribution in [2.45, 2.75) is 50.8 Å². The molecule has 1 aliphatic heterocycles. The van der Waals surface area contributed by atoms with Gasteiger partial charge in [0.1, 0.15) is 24.1 Å². The van der Waals surface area contributed by atoms with E-state index in [4.69, 9.17) is 18.7 Å². The van der Waals surface area contributed by atoms with Gasteiger partial charge in [-0.3, -0.25) is 9.36 Å². The molecule has 0 unspecified atom stereocenters. The minimum absolute atomic E-state index is 0.114. The summed E-state index contributed by atoms with van der Waals surface area (Å²) in [6.45, 7) is 2.38. The van der Waals surface area contributed by atoms with Crippen LogP contribution in [0.4, 0.5) is 0 Å². The number of amides is 1. The third-order valence-electron chi connectivity index (χ3n) is 7.09. The molecule has 1 heterocycles. The molecule has 0 saturated carbocycles. The zero-order valence-electron chi connectivity index (χ0n) is 23.6. The first kappa shape index (κ1) is 29.9. The van der Waals surface area contributed by atoms with Crippen LogP contribution >= 0.6 is 7.37 Å². The molecule has 1 fully saturated rings. The van der Waals surface area contributed by atoms with Crippen molar-refractivity contribution in [3.05, 3.63) is 138 Å². The zero-order valence-corrected chi connectivity index (χ0v) is 24.5. The molecule has 7 nitrogen and oxygen atoms in total. The largest absolute Gasteiger partial charge is 0.374 e. The molecule has 4 aromatic carbocycles. The van der Waals surface area contributed by atoms with Crippen molar-refractivity contribution >= 4 is 18.6 Å². The van der Waals surface area contributed by atoms with Crippen molar-refractivity contribution in [2.75, 3.05) is 6.61 Å². The highest BCUT2D eigenvalue weighted by atomic mass is 31.2. The van der Waals surface area contributed by atoms with E-state index in [-0.39, 0.29) is 25.7 Å². The van der Waals surface area contributed by atoms with Crippen LogP contribution in [0.2, 0.25) is 0 Å². The highest BCUT2D eigenvalue weighted by Gasteiger charge is 2.55. The van der Waals surface area contributed by atoms with Gasteiger partial charge in [0, 0.05) is 12.2 Å². The molecular weight excluding hydrogens is 549 g/mol. The molecule has 8 heteroatoms. The van der Waals surface area contributed by atoms with Crippen molar-refractivity contribution in [3.63, 3.8) is 0 Å². The maximum absolute atomic E-state index is 15.0. The summed E-state index contributed by atoms with van der Waals surface area (Å²) < 4.78 is 40.7. The monoisotopic (exact) mass is 585 g/mol. The Morgan fingerprint density at radius 3 is 1.64 bits per heavy atom. The summed E-state index contributed by atoms with van der Waals surface area (Å²) in [5.74, 6) is -1.32. The van der Waals surface area contributed by atoms with Crippen LogP contribution < -0.4 is 10.6 Å². The van der Waals surface area contributed by atoms with Crippen LogP contribution in [0.5, 0.6) is 0 Å². The maximum Gasteiger partial charge on any atom is 0.256 e. The number of benzene rings is 4. The lowest BCUT2D eigenvalue weighted by Gasteiger charge is -2.46. The smallest absolute Gasteiger partial charge is 0.256 e. The Balaban J connectivity index is 1.50. The SMILES string of the molecule is CC(=O)N[C@@H]1[C@@H](OCc2ccccc2)[C@H](OCc2ccccc2)[C@@H](COCc2ccccc2)O[P@@]1(=O)c1ccccc1. The molecule has 0 radical (unpaired) electrons. The van der Waals surface area contributed by atoms with Gasteiger partial charge >= 0.3 is 0 Å². The average Bonchev–Trinajstić information content (AvgIpc) is 3.03. The molecule has 5 atom stereocenters. The predicted molar refractivity (Wildman–Crippen MR) is 162 cm³/mol. The number of carbonyl (C=O) groups excluding carboxylic acids is 1. The summed E-state index contributed by atoms with van der Waals surface area (Å²) in [6, 6.07) is 38.4. The molecule has 0 aromatic heterocycles. The predicted octanol–water partition coefficient (Wildman–Crippen LogP) is 5.84. The van der Waals surface area contributed by atoms with Crippen LogP contribution in [0.1, 0.15) is 23.6 Å². The molecular formula is C34H36NO6P. The first-order valence-electron chi connectivity index (χ1n) is 14.1. The minimum Gasteiger partial charge on any atom is -0.374 e. The van der Waals surface area contributed by atoms with Crippen molar-refractivity contribution in [1.29, 1.82) is 0 Å². The molecule has 1 N–H and O–H groups in total. The second kappa shape index (κ2) is 14.5. The van der Waals surface area contributed by atoms with E-state index in [1.165, 1.54) is 6.92 Å². The Hall–Kier alpha value is -3.58. The number of ether oxygens (including phenoxy) is 3. The fraction of sp³-hybridized carbons (Fsp3) is 0.265. The molecule has 1 aliphatic rings. The topological polar surface area (TPSA) is 83.1 Å². The third kappa shape index (κ3) is 7.62. The van der Waals surface area contributed by atoms with Crippen LogP contribution in [0.25, 0.3) is 0 Å². The molecule has 4 aromatic rings. The number of carbonyl (C=O) groups is 1. The molecule has 5 rings (SSSR count). The van der Waals surface area contributed by atoms with Crippen molar-refractivity contribution in [1.82, 2.24) is 5.32 Å². The van der Waals surface area contributed by atoms with Gasteiger partial charge in [-0.25, -0.2) is 0 Å². The van der Waals surface area contributed by atoms with Crippen LogP contribution in [0.3, 0.4) is 0 Å². The molecule has 0 aliphatic carbocycles. The number of nitrogens with one attached hydrogen (secondary N) is 1. The summed E-state index contributed by atoms with van der Waals surface area (Å²) in [5, 5.41) is 3.41. The molecule has 218 valence electrons. The summed E-state index contributed by atoms with van der Waals surface area (Å²) in [4.78, 5) is 12.5. The average molecular weight is 586 g/mol. The maximum atomic E-state index is 15.0. The van der Waals surface area contributed by atoms with Gasteiger partial charge in [-0.1, -0.05) is 109 Å². The molecule has 0 bridgehead atoms. The van der Waals surface area contributed by atoms with E-state index in [9.17, 15) is 9.36 Å². The van der Waals surface area contributed by atoms with Gasteiger partial charge in [0.15, 0.2) is 0 Å². The van der Waals surface area contributed by atoms with Crippen LogP contribution in [0, 0.1) is 0 Å². The van der Waals surface area contributed by atoms with E-state index in [2.05, 4.69) is 5.32 Å². The second-order valence-electron chi connectivity index (χ2n) is 10.2. The van der Waals surface area contributed by atoms with Gasteiger partial charge < -0.3 is 24.1 Å². The standard InChI is InChI=1S/C34H36NO6P/c1-26(36)35-34-33(40-24-29-18-10-4-11-19-29)32(39-23-28-16-8-3-9-17-28)31(25-38-22-27-14-6-2-7-15-27)41-42(34,37)30-20-12-5-13-21-30/h2-21,31-34H,22-25H2,1H3,(H,35,36)/t31-,32-,33+,34+,42+/m1/s1. The Kier molecular flexibility index (Phi) is 10.4. The van der Waals surface area contributed by atoms with Crippen molar-refractivity contribution in [2.24, 2.45) is 0 Å². The van der Waals surface area contributed by atoms with Gasteiger partial charge in [0.25, 0.3) is 7.37 Å². The van der Waals surface area contributed by atoms with Gasteiger partial charge in [0.05, 0.1) is 26.4 Å². The Morgan fingerprint density at radius 2 is 1.14 bits per heavy atom. The van der Waals surface area contributed by atoms with E-state index in [1.807, 2.05) is 109 Å². The van der Waals surface area contributed by atoms with Gasteiger partial charge in [0.2, 0.25) is 5.91 Å². The van der Waals surface area contributed by atoms with Gasteiger partial charge in [-0.2, -0.15) is 0 Å². The fourth-order valence-corrected chi connectivity index (χ4v) is 7.80. The van der Waals surface area contributed by atoms with E-state index in [0.717, 1.165) is 16.7 Å². The minimum atomic E-state index is -3.73. The lowest BCUT2D eigenvalue weighted by Crippen LogP contribution is -2.60. The summed E-state index contributed by atoms with van der Waals surface area (Å²) in [5.41, 5.74) is 2.92. The molecule has 1 saturated heterocycles. The quantitative estimate of drug-likeness (QED) is 0.211. The molecule has 1 amide bonds. The second-order valence-corrected chi connectivity index (χ2v) is 12.7. The van der Waals surface area contributed by atoms with Crippen molar-refractivity contribution in [3.8, 4) is 0 Å². The third-order valence-corrected chi connectivity index (χ3v) is 9.85. The van der Waals surface area contributed by atoms with Gasteiger partial charge in [-0.15, -0.1) is 0 Å². The Morgan fingerprint density at radius 1 is 0.690 bits per heavy atom. The fourth-order valence-electron chi connectivity index (χ4n) is 5.06. The van der Waals surface area contributed by atoms with E-state index < -0.39 is 31.5 Å². The van der Waals surface area contributed by atoms with Gasteiger partial charge in [-0.05, 0) is 28.8 Å². The highest BCUT2D eigenvalue weighted by Crippen LogP contribution is 2.57. The normalized spacial score (nSPS) is 23.7. The summed E-state index contributed by atoms with van der Waals surface area (Å²) in [6.07, 6.45) is -2.25. The zero-order chi connectivity index (χ0) is 29.2. The first-order valence-corrected chi connectivity index (χ1v) is 15.8. The lowest BCUT2D eigenvalue weighted by molar-refractivity contribution is -0.157. The first-order chi connectivity index (χ1) is 20.5. The van der Waals surface area contributed by atoms with Crippen LogP contribution in [-0.4, -0.2) is 36.6 Å². The van der Waals surface area contributed by atoms with E-state index in [1.54, 1.807) is 12.1 Å². The Labute approximate surface area is 247 Å².